The molecule has 2 fully saturated rings. The Morgan fingerprint density at radius 3 is 1.60 bits per heavy atom. The first-order chi connectivity index (χ1) is 18.6. The van der Waals surface area contributed by atoms with Crippen molar-refractivity contribution in [2.75, 3.05) is 0 Å². The van der Waals surface area contributed by atoms with Crippen LogP contribution in [0, 0.1) is 53.3 Å². The highest BCUT2D eigenvalue weighted by atomic mass is 16.5. The number of hydrogen-bond acceptors (Lipinski definition) is 7. The molecule has 0 aliphatic heterocycles. The van der Waals surface area contributed by atoms with Crippen LogP contribution in [0.1, 0.15) is 101 Å². The number of hydrogen-bond donors (Lipinski definition) is 2. The molecule has 2 saturated carbocycles. The molecule has 0 bridgehead atoms. The topological polar surface area (TPSA) is 137 Å². The molecule has 3 N–H and O–H groups in total. The molecule has 2 rings (SSSR count). The van der Waals surface area contributed by atoms with Gasteiger partial charge in [-0.25, -0.2) is 10.2 Å². The molecule has 2 aliphatic rings. The average molecular weight is 564 g/mol. The minimum atomic E-state index is -1.19. The Kier molecular flexibility index (Phi) is 12.6. The molecule has 9 atom stereocenters. The van der Waals surface area contributed by atoms with E-state index in [9.17, 15) is 19.2 Å². The number of carbonyl (C=O) groups is 4. The van der Waals surface area contributed by atoms with Crippen molar-refractivity contribution in [1.82, 2.24) is 5.43 Å². The molecule has 0 aromatic heterocycles. The van der Waals surface area contributed by atoms with Crippen molar-refractivity contribution in [3.05, 3.63) is 0 Å². The van der Waals surface area contributed by atoms with E-state index in [2.05, 4.69) is 52.1 Å². The standard InChI is InChI=1S/C31H53N3O6/c1-16(2)23-12-10-18(5)14-25(23)39-29(33-34-31(32)38)27(21(8)35)20(7)28(22(9)36)30(37)40-26-15-19(6)11-13-24(26)17(3)4/h16-20,23-28H,10-15H2,1-9H3,(H3,32,34,38)/b33-29-/t18-,19+,20+,23+,24+,25+,26+,27-,28-/m0/s1. The van der Waals surface area contributed by atoms with E-state index in [1.54, 1.807) is 6.92 Å². The van der Waals surface area contributed by atoms with Gasteiger partial charge >= 0.3 is 12.0 Å². The number of nitrogens with zero attached hydrogens (tertiary/aromatic N) is 1. The first-order valence-electron chi connectivity index (χ1n) is 15.1. The number of carbonyl (C=O) groups excluding carboxylic acids is 4. The smallest absolute Gasteiger partial charge is 0.332 e. The van der Waals surface area contributed by atoms with E-state index in [0.29, 0.717) is 23.7 Å². The normalized spacial score (nSPS) is 29.8. The maximum Gasteiger partial charge on any atom is 0.332 e. The van der Waals surface area contributed by atoms with Gasteiger partial charge in [-0.15, -0.1) is 5.10 Å². The summed E-state index contributed by atoms with van der Waals surface area (Å²) >= 11 is 0. The minimum absolute atomic E-state index is 0.0195. The Morgan fingerprint density at radius 2 is 1.20 bits per heavy atom. The predicted octanol–water partition coefficient (Wildman–Crippen LogP) is 5.50. The van der Waals surface area contributed by atoms with Gasteiger partial charge in [0.2, 0.25) is 5.90 Å². The Bertz CT molecular complexity index is 932. The molecular weight excluding hydrogens is 510 g/mol. The highest BCUT2D eigenvalue weighted by Gasteiger charge is 2.44. The molecule has 0 aromatic rings. The summed E-state index contributed by atoms with van der Waals surface area (Å²) in [5.74, 6) is -2.44. The maximum absolute atomic E-state index is 13.6. The fourth-order valence-electron chi connectivity index (χ4n) is 6.87. The van der Waals surface area contributed by atoms with Gasteiger partial charge in [-0.3, -0.25) is 14.4 Å². The van der Waals surface area contributed by atoms with Gasteiger partial charge in [0.05, 0.1) is 5.92 Å². The van der Waals surface area contributed by atoms with Gasteiger partial charge in [0.25, 0.3) is 0 Å². The van der Waals surface area contributed by atoms with Crippen molar-refractivity contribution >= 4 is 29.5 Å². The molecule has 2 aliphatic carbocycles. The Labute approximate surface area is 240 Å². The van der Waals surface area contributed by atoms with E-state index in [0.717, 1.165) is 38.5 Å². The molecule has 0 aromatic carbocycles. The molecule has 0 saturated heterocycles. The summed E-state index contributed by atoms with van der Waals surface area (Å²) in [4.78, 5) is 51.3. The number of nitrogens with two attached hydrogens (primary N) is 1. The van der Waals surface area contributed by atoms with E-state index in [-0.39, 0.29) is 41.5 Å². The summed E-state index contributed by atoms with van der Waals surface area (Å²) in [6, 6.07) is -0.901. The number of ketones is 2. The van der Waals surface area contributed by atoms with Crippen LogP contribution in [0.25, 0.3) is 0 Å². The Morgan fingerprint density at radius 1 is 0.750 bits per heavy atom. The molecule has 2 amide bonds. The number of urea groups is 1. The maximum atomic E-state index is 13.6. The number of hydrazone groups is 1. The lowest BCUT2D eigenvalue weighted by Crippen LogP contribution is -2.46. The van der Waals surface area contributed by atoms with Crippen molar-refractivity contribution in [2.24, 2.45) is 64.1 Å². The highest BCUT2D eigenvalue weighted by Crippen LogP contribution is 2.38. The second-order valence-corrected chi connectivity index (χ2v) is 13.2. The quantitative estimate of drug-likeness (QED) is 0.112. The SMILES string of the molecule is CC(=O)[C@@H](C(=O)O[C@@H]1C[C@H](C)CC[C@@H]1C(C)C)[C@H](C)[C@@H](C(C)=O)/C(=N/NC(N)=O)O[C@@H]1C[C@@H](C)CC[C@@H]1C(C)C. The molecule has 9 nitrogen and oxygen atoms in total. The summed E-state index contributed by atoms with van der Waals surface area (Å²) in [6.45, 7) is 17.2. The number of rotatable bonds is 11. The molecular formula is C31H53N3O6. The van der Waals surface area contributed by atoms with Crippen molar-refractivity contribution in [3.8, 4) is 0 Å². The van der Waals surface area contributed by atoms with Crippen molar-refractivity contribution < 1.29 is 28.7 Å². The van der Waals surface area contributed by atoms with Crippen LogP contribution in [0.4, 0.5) is 4.79 Å². The van der Waals surface area contributed by atoms with Crippen LogP contribution in [-0.4, -0.2) is 41.7 Å². The number of primary amides is 1. The number of ether oxygens (including phenoxy) is 2. The van der Waals surface area contributed by atoms with Gasteiger partial charge in [-0.05, 0) is 81.0 Å². The van der Waals surface area contributed by atoms with E-state index in [1.807, 2.05) is 0 Å². The number of nitrogens with one attached hydrogen (secondary N) is 1. The fourth-order valence-corrected chi connectivity index (χ4v) is 6.87. The third kappa shape index (κ3) is 9.03. The summed E-state index contributed by atoms with van der Waals surface area (Å²) < 4.78 is 12.5. The molecule has 40 heavy (non-hydrogen) atoms. The molecule has 228 valence electrons. The average Bonchev–Trinajstić information content (AvgIpc) is 2.81. The van der Waals surface area contributed by atoms with E-state index in [1.165, 1.54) is 13.8 Å². The molecule has 0 heterocycles. The first kappa shape index (κ1) is 33.8. The van der Waals surface area contributed by atoms with Crippen LogP contribution in [0.2, 0.25) is 0 Å². The highest BCUT2D eigenvalue weighted by molar-refractivity contribution is 6.04. The lowest BCUT2D eigenvalue weighted by Gasteiger charge is -2.39. The van der Waals surface area contributed by atoms with Crippen LogP contribution in [-0.2, 0) is 23.9 Å². The zero-order valence-corrected chi connectivity index (χ0v) is 26.1. The van der Waals surface area contributed by atoms with Crippen LogP contribution in [0.15, 0.2) is 5.10 Å². The summed E-state index contributed by atoms with van der Waals surface area (Å²) in [5.41, 5.74) is 7.52. The third-order valence-electron chi connectivity index (χ3n) is 9.19. The Hall–Kier alpha value is -2.45. The zero-order chi connectivity index (χ0) is 30.3. The second kappa shape index (κ2) is 15.0. The summed E-state index contributed by atoms with van der Waals surface area (Å²) in [7, 11) is 0. The predicted molar refractivity (Wildman–Crippen MR) is 155 cm³/mol. The summed E-state index contributed by atoms with van der Waals surface area (Å²) in [5, 5.41) is 4.13. The van der Waals surface area contributed by atoms with Crippen LogP contribution < -0.4 is 11.2 Å². The van der Waals surface area contributed by atoms with Gasteiger partial charge in [-0.2, -0.15) is 0 Å². The third-order valence-corrected chi connectivity index (χ3v) is 9.19. The van der Waals surface area contributed by atoms with Gasteiger partial charge in [-0.1, -0.05) is 61.3 Å². The molecule has 9 heteroatoms. The van der Waals surface area contributed by atoms with E-state index < -0.39 is 29.8 Å². The van der Waals surface area contributed by atoms with Crippen molar-refractivity contribution in [3.63, 3.8) is 0 Å². The lowest BCUT2D eigenvalue weighted by molar-refractivity contribution is -0.165. The van der Waals surface area contributed by atoms with Crippen LogP contribution in [0.5, 0.6) is 0 Å². The number of Topliss-reactive ketones (excluding diaryl/α,β-unsaturated/α-hetero) is 2. The Balaban J connectivity index is 2.41. The largest absolute Gasteiger partial charge is 0.476 e. The molecule has 0 radical (unpaired) electrons. The monoisotopic (exact) mass is 563 g/mol. The second-order valence-electron chi connectivity index (χ2n) is 13.2. The number of amides is 2. The fraction of sp³-hybridized carbons (Fsp3) is 0.839. The summed E-state index contributed by atoms with van der Waals surface area (Å²) in [6.07, 6.45) is 5.10. The van der Waals surface area contributed by atoms with Gasteiger partial charge in [0.15, 0.2) is 0 Å². The number of esters is 1. The molecule has 0 unspecified atom stereocenters. The van der Waals surface area contributed by atoms with E-state index >= 15 is 0 Å². The van der Waals surface area contributed by atoms with Gasteiger partial charge in [0, 0.05) is 0 Å². The lowest BCUT2D eigenvalue weighted by atomic mass is 9.74. The molecule has 0 spiro atoms. The van der Waals surface area contributed by atoms with E-state index in [4.69, 9.17) is 15.2 Å². The van der Waals surface area contributed by atoms with Gasteiger partial charge < -0.3 is 15.2 Å². The first-order valence-corrected chi connectivity index (χ1v) is 15.1. The zero-order valence-electron chi connectivity index (χ0n) is 26.1. The van der Waals surface area contributed by atoms with Crippen LogP contribution in [0.3, 0.4) is 0 Å². The van der Waals surface area contributed by atoms with Crippen LogP contribution >= 0.6 is 0 Å². The van der Waals surface area contributed by atoms with Crippen molar-refractivity contribution in [1.29, 1.82) is 0 Å². The minimum Gasteiger partial charge on any atom is -0.476 e. The van der Waals surface area contributed by atoms with Crippen molar-refractivity contribution in [2.45, 2.75) is 113 Å². The van der Waals surface area contributed by atoms with Gasteiger partial charge in [0.1, 0.15) is 29.7 Å².